The molecule has 1 heterocycles. The number of nitrogens with zero attached hydrogens (tertiary/aromatic N) is 1. The van der Waals surface area contributed by atoms with Crippen molar-refractivity contribution in [2.75, 3.05) is 19.7 Å². The number of rotatable bonds is 4. The first-order chi connectivity index (χ1) is 9.45. The van der Waals surface area contributed by atoms with Crippen LogP contribution in [0.5, 0.6) is 0 Å². The van der Waals surface area contributed by atoms with Gasteiger partial charge in [0.1, 0.15) is 0 Å². The van der Waals surface area contributed by atoms with Gasteiger partial charge in [-0.2, -0.15) is 4.31 Å². The Morgan fingerprint density at radius 3 is 2.48 bits per heavy atom. The highest BCUT2D eigenvalue weighted by Crippen LogP contribution is 2.21. The van der Waals surface area contributed by atoms with E-state index in [1.54, 1.807) is 6.92 Å². The second-order valence-electron chi connectivity index (χ2n) is 4.66. The zero-order valence-electron chi connectivity index (χ0n) is 11.7. The van der Waals surface area contributed by atoms with Crippen LogP contribution in [0.4, 0.5) is 0 Å². The van der Waals surface area contributed by atoms with Gasteiger partial charge < -0.3 is 10.5 Å². The van der Waals surface area contributed by atoms with Crippen LogP contribution in [0.15, 0.2) is 29.2 Å². The fraction of sp³-hybridized carbons (Fsp3) is 0.462. The van der Waals surface area contributed by atoms with Gasteiger partial charge >= 0.3 is 5.97 Å². The number of nitrogens with two attached hydrogens (primary N) is 1. The van der Waals surface area contributed by atoms with Crippen molar-refractivity contribution in [2.45, 2.75) is 24.3 Å². The largest absolute Gasteiger partial charge is 0.462 e. The Morgan fingerprint density at radius 1 is 1.38 bits per heavy atom. The van der Waals surface area contributed by atoms with Gasteiger partial charge in [-0.05, 0) is 37.6 Å². The number of carbonyl (C=O) groups excluding carboxylic acids is 1. The van der Waals surface area contributed by atoms with E-state index in [9.17, 15) is 13.2 Å². The molecule has 1 aromatic carbocycles. The molecule has 2 N–H and O–H groups in total. The predicted molar refractivity (Wildman–Crippen MR) is 81.0 cm³/mol. The predicted octanol–water partition coefficient (Wildman–Crippen LogP) is 1.01. The molecular weight excluding hydrogens is 316 g/mol. The lowest BCUT2D eigenvalue weighted by atomic mass is 10.2. The van der Waals surface area contributed by atoms with E-state index < -0.39 is 16.0 Å². The fourth-order valence-corrected chi connectivity index (χ4v) is 3.61. The van der Waals surface area contributed by atoms with Crippen LogP contribution >= 0.6 is 12.4 Å². The topological polar surface area (TPSA) is 89.7 Å². The standard InChI is InChI=1S/C13H18N2O4S.ClH/c1-2-19-13(16)10-3-5-12(6-4-10)20(17,18)15-8-7-11(14)9-15;/h3-6,11H,2,7-9,14H2,1H3;1H/t11-;/m0./s1. The van der Waals surface area contributed by atoms with Crippen molar-refractivity contribution in [1.82, 2.24) is 4.31 Å². The minimum atomic E-state index is -3.53. The van der Waals surface area contributed by atoms with E-state index in [1.165, 1.54) is 28.6 Å². The first-order valence-electron chi connectivity index (χ1n) is 6.48. The maximum absolute atomic E-state index is 12.3. The number of halogens is 1. The lowest BCUT2D eigenvalue weighted by molar-refractivity contribution is 0.0526. The number of benzene rings is 1. The van der Waals surface area contributed by atoms with Gasteiger partial charge in [-0.3, -0.25) is 0 Å². The maximum atomic E-state index is 12.3. The lowest BCUT2D eigenvalue weighted by Gasteiger charge is -2.16. The number of esters is 1. The smallest absolute Gasteiger partial charge is 0.338 e. The van der Waals surface area contributed by atoms with Gasteiger partial charge in [0.05, 0.1) is 17.1 Å². The van der Waals surface area contributed by atoms with Crippen LogP contribution in [0.2, 0.25) is 0 Å². The molecule has 1 fully saturated rings. The zero-order chi connectivity index (χ0) is 14.8. The minimum Gasteiger partial charge on any atom is -0.462 e. The summed E-state index contributed by atoms with van der Waals surface area (Å²) in [7, 11) is -3.53. The van der Waals surface area contributed by atoms with E-state index in [2.05, 4.69) is 0 Å². The van der Waals surface area contributed by atoms with Crippen LogP contribution in [0.1, 0.15) is 23.7 Å². The molecule has 1 aromatic rings. The Hall–Kier alpha value is -1.15. The zero-order valence-corrected chi connectivity index (χ0v) is 13.3. The summed E-state index contributed by atoms with van der Waals surface area (Å²) in [6.07, 6.45) is 0.667. The summed E-state index contributed by atoms with van der Waals surface area (Å²) in [6, 6.07) is 5.65. The number of ether oxygens (including phenoxy) is 1. The van der Waals surface area contributed by atoms with E-state index in [-0.39, 0.29) is 30.0 Å². The van der Waals surface area contributed by atoms with Gasteiger partial charge in [0.2, 0.25) is 10.0 Å². The Labute approximate surface area is 130 Å². The summed E-state index contributed by atoms with van der Waals surface area (Å²) in [5, 5.41) is 0. The molecule has 1 aliphatic heterocycles. The lowest BCUT2D eigenvalue weighted by Crippen LogP contribution is -2.31. The van der Waals surface area contributed by atoms with Crippen molar-refractivity contribution >= 4 is 28.4 Å². The number of carbonyl (C=O) groups is 1. The van der Waals surface area contributed by atoms with Gasteiger partial charge in [-0.1, -0.05) is 0 Å². The maximum Gasteiger partial charge on any atom is 0.338 e. The molecule has 0 aromatic heterocycles. The third-order valence-electron chi connectivity index (χ3n) is 3.19. The Morgan fingerprint density at radius 2 is 2.00 bits per heavy atom. The molecule has 0 aliphatic carbocycles. The van der Waals surface area contributed by atoms with Gasteiger partial charge in [0, 0.05) is 19.1 Å². The van der Waals surface area contributed by atoms with Crippen molar-refractivity contribution in [3.63, 3.8) is 0 Å². The van der Waals surface area contributed by atoms with Crippen molar-refractivity contribution in [1.29, 1.82) is 0 Å². The van der Waals surface area contributed by atoms with Crippen LogP contribution < -0.4 is 5.73 Å². The van der Waals surface area contributed by atoms with Crippen LogP contribution in [0, 0.1) is 0 Å². The minimum absolute atomic E-state index is 0. The molecule has 1 aliphatic rings. The molecule has 0 bridgehead atoms. The number of hydrogen-bond acceptors (Lipinski definition) is 5. The average molecular weight is 335 g/mol. The molecule has 2 rings (SSSR count). The first-order valence-corrected chi connectivity index (χ1v) is 7.92. The summed E-state index contributed by atoms with van der Waals surface area (Å²) in [5.41, 5.74) is 6.07. The van der Waals surface area contributed by atoms with E-state index in [1.807, 2.05) is 0 Å². The molecule has 0 radical (unpaired) electrons. The van der Waals surface area contributed by atoms with Gasteiger partial charge in [-0.15, -0.1) is 12.4 Å². The molecule has 118 valence electrons. The Kier molecular flexibility index (Phi) is 6.15. The Balaban J connectivity index is 0.00000220. The van der Waals surface area contributed by atoms with E-state index >= 15 is 0 Å². The highest BCUT2D eigenvalue weighted by molar-refractivity contribution is 7.89. The highest BCUT2D eigenvalue weighted by atomic mass is 35.5. The Bertz CT molecular complexity index is 589. The molecule has 0 unspecified atom stereocenters. The molecule has 0 spiro atoms. The molecule has 21 heavy (non-hydrogen) atoms. The number of sulfonamides is 1. The molecule has 6 nitrogen and oxygen atoms in total. The van der Waals surface area contributed by atoms with Crippen molar-refractivity contribution in [2.24, 2.45) is 5.73 Å². The van der Waals surface area contributed by atoms with Crippen LogP contribution in [-0.4, -0.2) is 44.4 Å². The van der Waals surface area contributed by atoms with Gasteiger partial charge in [-0.25, -0.2) is 13.2 Å². The van der Waals surface area contributed by atoms with Gasteiger partial charge in [0.15, 0.2) is 0 Å². The monoisotopic (exact) mass is 334 g/mol. The van der Waals surface area contributed by atoms with E-state index in [0.717, 1.165) is 0 Å². The quantitative estimate of drug-likeness (QED) is 0.830. The second kappa shape index (κ2) is 7.22. The number of hydrogen-bond donors (Lipinski definition) is 1. The summed E-state index contributed by atoms with van der Waals surface area (Å²) in [6.45, 7) is 2.77. The van der Waals surface area contributed by atoms with Gasteiger partial charge in [0.25, 0.3) is 0 Å². The summed E-state index contributed by atoms with van der Waals surface area (Å²) >= 11 is 0. The molecule has 8 heteroatoms. The fourth-order valence-electron chi connectivity index (χ4n) is 2.10. The second-order valence-corrected chi connectivity index (χ2v) is 6.59. The van der Waals surface area contributed by atoms with Crippen LogP contribution in [0.25, 0.3) is 0 Å². The summed E-state index contributed by atoms with van der Waals surface area (Å²) < 4.78 is 30.9. The molecular formula is C13H19ClN2O4S. The van der Waals surface area contributed by atoms with Crippen molar-refractivity contribution < 1.29 is 17.9 Å². The van der Waals surface area contributed by atoms with Crippen molar-refractivity contribution in [3.05, 3.63) is 29.8 Å². The normalized spacial score (nSPS) is 19.0. The average Bonchev–Trinajstić information content (AvgIpc) is 2.86. The molecule has 0 saturated carbocycles. The molecule has 1 atom stereocenters. The van der Waals surface area contributed by atoms with E-state index in [4.69, 9.17) is 10.5 Å². The van der Waals surface area contributed by atoms with E-state index in [0.29, 0.717) is 25.1 Å². The summed E-state index contributed by atoms with van der Waals surface area (Å²) in [5.74, 6) is -0.459. The first kappa shape index (κ1) is 17.9. The van der Waals surface area contributed by atoms with Crippen molar-refractivity contribution in [3.8, 4) is 0 Å². The van der Waals surface area contributed by atoms with Crippen LogP contribution in [0.3, 0.4) is 0 Å². The highest BCUT2D eigenvalue weighted by Gasteiger charge is 2.30. The third kappa shape index (κ3) is 3.94. The molecule has 1 saturated heterocycles. The molecule has 0 amide bonds. The SMILES string of the molecule is CCOC(=O)c1ccc(S(=O)(=O)N2CC[C@H](N)C2)cc1.Cl. The summed E-state index contributed by atoms with van der Waals surface area (Å²) in [4.78, 5) is 11.7. The third-order valence-corrected chi connectivity index (χ3v) is 5.07. The van der Waals surface area contributed by atoms with Crippen LogP contribution in [-0.2, 0) is 14.8 Å².